The molecule has 0 spiro atoms. The van der Waals surface area contributed by atoms with Crippen molar-refractivity contribution in [2.24, 2.45) is 4.99 Å². The summed E-state index contributed by atoms with van der Waals surface area (Å²) in [6.45, 7) is 6.40. The van der Waals surface area contributed by atoms with Gasteiger partial charge in [-0.2, -0.15) is 13.2 Å². The highest BCUT2D eigenvalue weighted by atomic mass is 127. The summed E-state index contributed by atoms with van der Waals surface area (Å²) in [6.07, 6.45) is -4.35. The Morgan fingerprint density at radius 1 is 1.20 bits per heavy atom. The first-order valence-corrected chi connectivity index (χ1v) is 8.85. The Bertz CT molecular complexity index is 601. The standard InChI is InChI=1S/C16H24F3N3OS.HI/c1-15(2,3)24(23)9-8-21-14(20-4)22-11-12-6-5-7-13(10-12)16(17,18)19;/h5-7,10H,8-9,11H2,1-4H3,(H2,20,21,22);1H. The maximum absolute atomic E-state index is 12.7. The van der Waals surface area contributed by atoms with Crippen molar-refractivity contribution in [3.63, 3.8) is 0 Å². The molecule has 0 saturated carbocycles. The molecule has 0 aliphatic carbocycles. The molecule has 1 aromatic carbocycles. The van der Waals surface area contributed by atoms with E-state index >= 15 is 0 Å². The zero-order chi connectivity index (χ0) is 18.4. The van der Waals surface area contributed by atoms with Gasteiger partial charge in [0.1, 0.15) is 0 Å². The molecule has 4 nitrogen and oxygen atoms in total. The molecule has 1 aromatic rings. The van der Waals surface area contributed by atoms with E-state index in [1.807, 2.05) is 20.8 Å². The first-order valence-electron chi connectivity index (χ1n) is 7.53. The predicted octanol–water partition coefficient (Wildman–Crippen LogP) is 3.54. The Hall–Kier alpha value is -0.840. The Morgan fingerprint density at radius 3 is 2.36 bits per heavy atom. The molecule has 1 unspecified atom stereocenters. The summed E-state index contributed by atoms with van der Waals surface area (Å²) < 4.78 is 49.7. The molecule has 0 radical (unpaired) electrons. The average Bonchev–Trinajstić information content (AvgIpc) is 2.49. The van der Waals surface area contributed by atoms with Gasteiger partial charge in [-0.15, -0.1) is 24.0 Å². The van der Waals surface area contributed by atoms with Crippen molar-refractivity contribution in [1.82, 2.24) is 10.6 Å². The van der Waals surface area contributed by atoms with Crippen LogP contribution in [0.1, 0.15) is 31.9 Å². The minimum Gasteiger partial charge on any atom is -0.355 e. The number of hydrogen-bond acceptors (Lipinski definition) is 2. The summed E-state index contributed by atoms with van der Waals surface area (Å²) in [5.41, 5.74) is -0.170. The van der Waals surface area contributed by atoms with Gasteiger partial charge in [-0.1, -0.05) is 12.1 Å². The molecule has 2 N–H and O–H groups in total. The van der Waals surface area contributed by atoms with E-state index < -0.39 is 22.5 Å². The van der Waals surface area contributed by atoms with E-state index in [2.05, 4.69) is 15.6 Å². The van der Waals surface area contributed by atoms with Crippen molar-refractivity contribution in [3.05, 3.63) is 35.4 Å². The fourth-order valence-electron chi connectivity index (χ4n) is 1.83. The summed E-state index contributed by atoms with van der Waals surface area (Å²) >= 11 is 0. The van der Waals surface area contributed by atoms with Crippen LogP contribution < -0.4 is 10.6 Å². The molecule has 1 rings (SSSR count). The second-order valence-electron chi connectivity index (χ2n) is 6.21. The fourth-order valence-corrected chi connectivity index (χ4v) is 2.73. The SMILES string of the molecule is CN=C(NCCS(=O)C(C)(C)C)NCc1cccc(C(F)(F)F)c1.I. The minimum atomic E-state index is -4.35. The molecule has 0 aliphatic rings. The second kappa shape index (κ2) is 10.3. The van der Waals surface area contributed by atoms with Gasteiger partial charge >= 0.3 is 6.18 Å². The maximum Gasteiger partial charge on any atom is 0.416 e. The number of nitrogens with zero attached hydrogens (tertiary/aromatic N) is 1. The van der Waals surface area contributed by atoms with Crippen LogP contribution in [0.3, 0.4) is 0 Å². The number of nitrogens with one attached hydrogen (secondary N) is 2. The quantitative estimate of drug-likeness (QED) is 0.377. The molecule has 144 valence electrons. The van der Waals surface area contributed by atoms with Crippen LogP contribution in [0, 0.1) is 0 Å². The van der Waals surface area contributed by atoms with Crippen LogP contribution in [0.5, 0.6) is 0 Å². The third-order valence-corrected chi connectivity index (χ3v) is 5.14. The Kier molecular flexibility index (Phi) is 10.00. The van der Waals surface area contributed by atoms with Crippen LogP contribution in [-0.4, -0.2) is 34.3 Å². The van der Waals surface area contributed by atoms with Gasteiger partial charge in [-0.25, -0.2) is 0 Å². The van der Waals surface area contributed by atoms with Crippen molar-refractivity contribution in [3.8, 4) is 0 Å². The molecule has 25 heavy (non-hydrogen) atoms. The zero-order valence-electron chi connectivity index (χ0n) is 14.7. The number of hydrogen-bond donors (Lipinski definition) is 2. The van der Waals surface area contributed by atoms with Gasteiger partial charge in [0.2, 0.25) is 0 Å². The third-order valence-electron chi connectivity index (χ3n) is 3.20. The van der Waals surface area contributed by atoms with Crippen LogP contribution in [0.15, 0.2) is 29.3 Å². The molecular weight excluding hydrogens is 466 g/mol. The highest BCUT2D eigenvalue weighted by Crippen LogP contribution is 2.29. The number of aliphatic imine (C=N–C) groups is 1. The maximum atomic E-state index is 12.7. The molecule has 0 aromatic heterocycles. The largest absolute Gasteiger partial charge is 0.416 e. The lowest BCUT2D eigenvalue weighted by atomic mass is 10.1. The van der Waals surface area contributed by atoms with E-state index in [4.69, 9.17) is 0 Å². The number of guanidine groups is 1. The summed E-state index contributed by atoms with van der Waals surface area (Å²) in [5, 5.41) is 5.96. The van der Waals surface area contributed by atoms with Crippen LogP contribution in [-0.2, 0) is 23.5 Å². The summed E-state index contributed by atoms with van der Waals surface area (Å²) in [5.74, 6) is 0.923. The van der Waals surface area contributed by atoms with Crippen LogP contribution >= 0.6 is 24.0 Å². The Morgan fingerprint density at radius 2 is 1.84 bits per heavy atom. The lowest BCUT2D eigenvalue weighted by Gasteiger charge is -2.18. The molecule has 0 amide bonds. The predicted molar refractivity (Wildman–Crippen MR) is 108 cm³/mol. The number of halogens is 4. The van der Waals surface area contributed by atoms with Gasteiger partial charge in [0, 0.05) is 41.4 Å². The van der Waals surface area contributed by atoms with E-state index in [1.54, 1.807) is 13.1 Å². The van der Waals surface area contributed by atoms with Crippen LogP contribution in [0.4, 0.5) is 13.2 Å². The van der Waals surface area contributed by atoms with Gasteiger partial charge in [-0.3, -0.25) is 9.20 Å². The average molecular weight is 491 g/mol. The van der Waals surface area contributed by atoms with Crippen LogP contribution in [0.25, 0.3) is 0 Å². The summed E-state index contributed by atoms with van der Waals surface area (Å²) in [7, 11) is 0.593. The molecule has 0 aliphatic heterocycles. The molecule has 0 saturated heterocycles. The van der Waals surface area contributed by atoms with Gasteiger partial charge < -0.3 is 10.6 Å². The Balaban J connectivity index is 0.00000576. The van der Waals surface area contributed by atoms with E-state index in [1.165, 1.54) is 6.07 Å². The fraction of sp³-hybridized carbons (Fsp3) is 0.562. The lowest BCUT2D eigenvalue weighted by Crippen LogP contribution is -2.40. The molecule has 0 fully saturated rings. The summed E-state index contributed by atoms with van der Waals surface area (Å²) in [4.78, 5) is 4.01. The second-order valence-corrected chi connectivity index (χ2v) is 8.54. The van der Waals surface area contributed by atoms with E-state index in [9.17, 15) is 17.4 Å². The molecule has 1 atom stereocenters. The highest BCUT2D eigenvalue weighted by molar-refractivity contribution is 14.0. The first kappa shape index (κ1) is 24.2. The zero-order valence-corrected chi connectivity index (χ0v) is 17.9. The topological polar surface area (TPSA) is 53.5 Å². The monoisotopic (exact) mass is 491 g/mol. The molecular formula is C16H25F3IN3OS. The van der Waals surface area contributed by atoms with Crippen molar-refractivity contribution >= 4 is 40.7 Å². The van der Waals surface area contributed by atoms with E-state index in [0.29, 0.717) is 23.8 Å². The number of alkyl halides is 3. The van der Waals surface area contributed by atoms with Crippen LogP contribution in [0.2, 0.25) is 0 Å². The number of rotatable bonds is 5. The smallest absolute Gasteiger partial charge is 0.355 e. The van der Waals surface area contributed by atoms with Gasteiger partial charge in [0.25, 0.3) is 0 Å². The normalized spacial score (nSPS) is 13.8. The van der Waals surface area contributed by atoms with Crippen molar-refractivity contribution in [1.29, 1.82) is 0 Å². The first-order chi connectivity index (χ1) is 11.0. The third kappa shape index (κ3) is 8.89. The molecule has 0 heterocycles. The minimum absolute atomic E-state index is 0. The van der Waals surface area contributed by atoms with Crippen molar-refractivity contribution < 1.29 is 17.4 Å². The molecule has 9 heteroatoms. The van der Waals surface area contributed by atoms with Crippen molar-refractivity contribution in [2.75, 3.05) is 19.3 Å². The van der Waals surface area contributed by atoms with E-state index in [-0.39, 0.29) is 35.3 Å². The van der Waals surface area contributed by atoms with Gasteiger partial charge in [-0.05, 0) is 38.5 Å². The lowest BCUT2D eigenvalue weighted by molar-refractivity contribution is -0.137. The summed E-state index contributed by atoms with van der Waals surface area (Å²) in [6, 6.07) is 5.14. The van der Waals surface area contributed by atoms with Crippen molar-refractivity contribution in [2.45, 2.75) is 38.2 Å². The highest BCUT2D eigenvalue weighted by Gasteiger charge is 2.30. The number of benzene rings is 1. The molecule has 0 bridgehead atoms. The Labute approximate surface area is 166 Å². The van der Waals surface area contributed by atoms with E-state index in [0.717, 1.165) is 12.1 Å². The van der Waals surface area contributed by atoms with Gasteiger partial charge in [0.05, 0.1) is 5.56 Å². The van der Waals surface area contributed by atoms with Gasteiger partial charge in [0.15, 0.2) is 5.96 Å².